The van der Waals surface area contributed by atoms with E-state index in [2.05, 4.69) is 23.6 Å². The predicted molar refractivity (Wildman–Crippen MR) is 69.7 cm³/mol. The van der Waals surface area contributed by atoms with Gasteiger partial charge in [0.2, 0.25) is 0 Å². The van der Waals surface area contributed by atoms with Crippen LogP contribution >= 0.6 is 0 Å². The molecule has 2 nitrogen and oxygen atoms in total. The lowest BCUT2D eigenvalue weighted by Crippen LogP contribution is -2.51. The van der Waals surface area contributed by atoms with Crippen molar-refractivity contribution in [3.63, 3.8) is 0 Å². The molecule has 0 aromatic carbocycles. The Balaban J connectivity index is 1.71. The van der Waals surface area contributed by atoms with Gasteiger partial charge in [-0.25, -0.2) is 0 Å². The molecule has 1 aliphatic carbocycles. The molecule has 1 aliphatic heterocycles. The molecule has 1 heterocycles. The molecule has 0 amide bonds. The van der Waals surface area contributed by atoms with Gasteiger partial charge >= 0.3 is 0 Å². The normalized spacial score (nSPS) is 26.4. The lowest BCUT2D eigenvalue weighted by atomic mass is 9.94. The molecule has 16 heavy (non-hydrogen) atoms. The summed E-state index contributed by atoms with van der Waals surface area (Å²) in [6, 6.07) is 0.926. The Morgan fingerprint density at radius 3 is 2.12 bits per heavy atom. The predicted octanol–water partition coefficient (Wildman–Crippen LogP) is 2.59. The highest BCUT2D eigenvalue weighted by atomic mass is 15.3. The highest BCUT2D eigenvalue weighted by Gasteiger charge is 2.24. The van der Waals surface area contributed by atoms with Crippen molar-refractivity contribution in [1.29, 1.82) is 0 Å². The smallest absolute Gasteiger partial charge is 0.0113 e. The number of rotatable bonds is 3. The van der Waals surface area contributed by atoms with Crippen molar-refractivity contribution < 1.29 is 0 Å². The van der Waals surface area contributed by atoms with Crippen LogP contribution in [0.25, 0.3) is 0 Å². The van der Waals surface area contributed by atoms with Gasteiger partial charge in [0, 0.05) is 38.8 Å². The molecule has 2 aliphatic rings. The van der Waals surface area contributed by atoms with Gasteiger partial charge in [-0.1, -0.05) is 33.1 Å². The first-order valence-corrected chi connectivity index (χ1v) is 7.22. The van der Waals surface area contributed by atoms with Gasteiger partial charge in [-0.2, -0.15) is 0 Å². The fraction of sp³-hybridized carbons (Fsp3) is 1.00. The molecule has 0 unspecified atom stereocenters. The van der Waals surface area contributed by atoms with E-state index in [4.69, 9.17) is 0 Å². The van der Waals surface area contributed by atoms with Crippen molar-refractivity contribution in [2.75, 3.05) is 32.7 Å². The van der Waals surface area contributed by atoms with Crippen molar-refractivity contribution in [1.82, 2.24) is 9.80 Å². The van der Waals surface area contributed by atoms with Crippen LogP contribution in [-0.4, -0.2) is 48.6 Å². The van der Waals surface area contributed by atoms with Crippen molar-refractivity contribution in [3.05, 3.63) is 0 Å². The molecular formula is C14H28N2. The minimum atomic E-state index is 0.821. The largest absolute Gasteiger partial charge is 0.301 e. The maximum absolute atomic E-state index is 2.76. The molecule has 0 aromatic rings. The molecule has 0 aromatic heterocycles. The molecule has 0 bridgehead atoms. The van der Waals surface area contributed by atoms with Crippen LogP contribution in [0.15, 0.2) is 0 Å². The maximum atomic E-state index is 2.76. The first-order valence-electron chi connectivity index (χ1n) is 7.22. The van der Waals surface area contributed by atoms with E-state index in [-0.39, 0.29) is 0 Å². The number of piperazine rings is 1. The molecule has 0 N–H and O–H groups in total. The summed E-state index contributed by atoms with van der Waals surface area (Å²) in [7, 11) is 0. The van der Waals surface area contributed by atoms with Gasteiger partial charge in [0.15, 0.2) is 0 Å². The summed E-state index contributed by atoms with van der Waals surface area (Å²) in [4.78, 5) is 5.40. The van der Waals surface area contributed by atoms with Crippen molar-refractivity contribution in [2.45, 2.75) is 52.0 Å². The van der Waals surface area contributed by atoms with Crippen LogP contribution in [0.1, 0.15) is 46.0 Å². The Morgan fingerprint density at radius 2 is 1.56 bits per heavy atom. The second kappa shape index (κ2) is 6.02. The summed E-state index contributed by atoms with van der Waals surface area (Å²) in [6.45, 7) is 11.2. The van der Waals surface area contributed by atoms with Gasteiger partial charge < -0.3 is 4.90 Å². The zero-order valence-corrected chi connectivity index (χ0v) is 11.1. The molecule has 0 atom stereocenters. The summed E-state index contributed by atoms with van der Waals surface area (Å²) in [5, 5.41) is 0. The van der Waals surface area contributed by atoms with Crippen LogP contribution in [-0.2, 0) is 0 Å². The second-order valence-corrected chi connectivity index (χ2v) is 6.02. The monoisotopic (exact) mass is 224 g/mol. The van der Waals surface area contributed by atoms with Crippen LogP contribution in [0.4, 0.5) is 0 Å². The van der Waals surface area contributed by atoms with Crippen molar-refractivity contribution in [3.8, 4) is 0 Å². The molecule has 2 heteroatoms. The third-order valence-corrected chi connectivity index (χ3v) is 4.12. The van der Waals surface area contributed by atoms with E-state index in [1.807, 2.05) is 0 Å². The highest BCUT2D eigenvalue weighted by molar-refractivity contribution is 4.81. The second-order valence-electron chi connectivity index (χ2n) is 6.02. The van der Waals surface area contributed by atoms with Gasteiger partial charge in [-0.3, -0.25) is 4.90 Å². The summed E-state index contributed by atoms with van der Waals surface area (Å²) in [5.41, 5.74) is 0. The number of hydrogen-bond acceptors (Lipinski definition) is 2. The van der Waals surface area contributed by atoms with Crippen molar-refractivity contribution in [2.24, 2.45) is 5.92 Å². The first kappa shape index (κ1) is 12.4. The summed E-state index contributed by atoms with van der Waals surface area (Å²) in [6.07, 6.45) is 7.34. The molecule has 2 fully saturated rings. The topological polar surface area (TPSA) is 6.48 Å². The van der Waals surface area contributed by atoms with Crippen LogP contribution in [0.3, 0.4) is 0 Å². The minimum Gasteiger partial charge on any atom is -0.301 e. The molecule has 1 saturated heterocycles. The standard InChI is InChI=1S/C14H28N2/c1-13(2)12-15-8-10-16(11-9-15)14-6-4-3-5-7-14/h13-14H,3-12H2,1-2H3. The molecule has 0 radical (unpaired) electrons. The van der Waals surface area contributed by atoms with Crippen molar-refractivity contribution >= 4 is 0 Å². The SMILES string of the molecule is CC(C)CN1CCN(C2CCCCC2)CC1. The molecule has 2 rings (SSSR count). The van der Waals surface area contributed by atoms with Crippen LogP contribution < -0.4 is 0 Å². The zero-order valence-electron chi connectivity index (χ0n) is 11.1. The van der Waals surface area contributed by atoms with E-state index >= 15 is 0 Å². The third kappa shape index (κ3) is 3.46. The van der Waals surface area contributed by atoms with E-state index in [1.165, 1.54) is 64.8 Å². The average molecular weight is 224 g/mol. The fourth-order valence-corrected chi connectivity index (χ4v) is 3.27. The summed E-state index contributed by atoms with van der Waals surface area (Å²) >= 11 is 0. The van der Waals surface area contributed by atoms with Gasteiger partial charge in [0.25, 0.3) is 0 Å². The molecule has 94 valence electrons. The zero-order chi connectivity index (χ0) is 11.4. The quantitative estimate of drug-likeness (QED) is 0.727. The lowest BCUT2D eigenvalue weighted by Gasteiger charge is -2.41. The Bertz CT molecular complexity index is 189. The van der Waals surface area contributed by atoms with Gasteiger partial charge in [-0.05, 0) is 18.8 Å². The fourth-order valence-electron chi connectivity index (χ4n) is 3.27. The van der Waals surface area contributed by atoms with E-state index < -0.39 is 0 Å². The lowest BCUT2D eigenvalue weighted by molar-refractivity contribution is 0.0735. The molecular weight excluding hydrogens is 196 g/mol. The van der Waals surface area contributed by atoms with E-state index in [0.717, 1.165) is 12.0 Å². The first-order chi connectivity index (χ1) is 7.75. The van der Waals surface area contributed by atoms with Gasteiger partial charge in [0.05, 0.1) is 0 Å². The van der Waals surface area contributed by atoms with Crippen LogP contribution in [0.5, 0.6) is 0 Å². The maximum Gasteiger partial charge on any atom is 0.0113 e. The Hall–Kier alpha value is -0.0800. The molecule has 1 saturated carbocycles. The Kier molecular flexibility index (Phi) is 4.66. The molecule has 0 spiro atoms. The highest BCUT2D eigenvalue weighted by Crippen LogP contribution is 2.23. The van der Waals surface area contributed by atoms with E-state index in [1.54, 1.807) is 0 Å². The van der Waals surface area contributed by atoms with Crippen LogP contribution in [0, 0.1) is 5.92 Å². The number of hydrogen-bond donors (Lipinski definition) is 0. The number of nitrogens with zero attached hydrogens (tertiary/aromatic N) is 2. The Morgan fingerprint density at radius 1 is 0.938 bits per heavy atom. The average Bonchev–Trinajstić information content (AvgIpc) is 2.30. The van der Waals surface area contributed by atoms with Gasteiger partial charge in [-0.15, -0.1) is 0 Å². The van der Waals surface area contributed by atoms with E-state index in [9.17, 15) is 0 Å². The summed E-state index contributed by atoms with van der Waals surface area (Å²) in [5.74, 6) is 0.821. The van der Waals surface area contributed by atoms with Gasteiger partial charge in [0.1, 0.15) is 0 Å². The van der Waals surface area contributed by atoms with E-state index in [0.29, 0.717) is 0 Å². The Labute approximate surface area is 101 Å². The third-order valence-electron chi connectivity index (χ3n) is 4.12. The minimum absolute atomic E-state index is 0.821. The summed E-state index contributed by atoms with van der Waals surface area (Å²) < 4.78 is 0. The van der Waals surface area contributed by atoms with Crippen LogP contribution in [0.2, 0.25) is 0 Å².